The Labute approximate surface area is 235 Å². The molecule has 1 N–H and O–H groups in total. The minimum Gasteiger partial charge on any atom is -0.465 e. The number of carbonyl (C=O) groups is 2. The van der Waals surface area contributed by atoms with Gasteiger partial charge >= 0.3 is 5.97 Å². The van der Waals surface area contributed by atoms with E-state index < -0.39 is 0 Å². The van der Waals surface area contributed by atoms with E-state index in [0.717, 1.165) is 17.7 Å². The third-order valence-electron chi connectivity index (χ3n) is 7.13. The van der Waals surface area contributed by atoms with E-state index in [1.165, 1.54) is 39.2 Å². The number of hydrogen-bond acceptors (Lipinski definition) is 6. The molecule has 40 heavy (non-hydrogen) atoms. The Kier molecular flexibility index (Phi) is 9.69. The molecule has 206 valence electrons. The van der Waals surface area contributed by atoms with E-state index in [0.29, 0.717) is 39.6 Å². The van der Waals surface area contributed by atoms with Crippen LogP contribution in [0.25, 0.3) is 22.6 Å². The number of amides is 1. The molecule has 0 unspecified atom stereocenters. The predicted molar refractivity (Wildman–Crippen MR) is 155 cm³/mol. The lowest BCUT2D eigenvalue weighted by atomic mass is 9.89. The normalized spacial score (nSPS) is 13.3. The third kappa shape index (κ3) is 7.15. The summed E-state index contributed by atoms with van der Waals surface area (Å²) in [6.07, 6.45) is 6.28. The van der Waals surface area contributed by atoms with E-state index in [-0.39, 0.29) is 17.8 Å². The maximum atomic E-state index is 12.5. The number of methoxy groups -OCH3 is 1. The average molecular weight is 538 g/mol. The van der Waals surface area contributed by atoms with Crippen molar-refractivity contribution < 1.29 is 18.7 Å². The van der Waals surface area contributed by atoms with Crippen molar-refractivity contribution in [1.29, 1.82) is 5.26 Å². The minimum absolute atomic E-state index is 0.0366. The standard InChI is InChI=1S/C25H27N3O2.C8H8O2/c1-16(2)21-12-18(14-26)13-22-23(21)30-25(28-22)20-10-8-19(9-11-20)24(29)27-15-17-6-4-3-5-7-17;1-10-8(9)7-5-3-2-4-6-7/h8-13,16-17H,3-7,15H2,1-2H3,(H,27,29);2-6H,1H3. The molecule has 1 fully saturated rings. The van der Waals surface area contributed by atoms with Gasteiger partial charge in [0.15, 0.2) is 5.58 Å². The van der Waals surface area contributed by atoms with Gasteiger partial charge in [-0.1, -0.05) is 51.3 Å². The first-order valence-corrected chi connectivity index (χ1v) is 13.8. The van der Waals surface area contributed by atoms with E-state index in [9.17, 15) is 14.9 Å². The number of esters is 1. The molecule has 7 nitrogen and oxygen atoms in total. The molecular weight excluding hydrogens is 502 g/mol. The molecule has 3 aromatic carbocycles. The van der Waals surface area contributed by atoms with Crippen LogP contribution in [0.3, 0.4) is 0 Å². The Morgan fingerprint density at radius 3 is 2.35 bits per heavy atom. The van der Waals surface area contributed by atoms with Gasteiger partial charge in [-0.05, 0) is 73.2 Å². The summed E-state index contributed by atoms with van der Waals surface area (Å²) in [5.41, 5.74) is 4.99. The zero-order chi connectivity index (χ0) is 28.5. The quantitative estimate of drug-likeness (QED) is 0.259. The molecule has 0 aliphatic heterocycles. The van der Waals surface area contributed by atoms with Crippen molar-refractivity contribution >= 4 is 23.0 Å². The molecular formula is C33H35N3O4. The van der Waals surface area contributed by atoms with Crippen LogP contribution in [0, 0.1) is 17.2 Å². The highest BCUT2D eigenvalue weighted by atomic mass is 16.5. The Morgan fingerprint density at radius 2 is 1.73 bits per heavy atom. The highest BCUT2D eigenvalue weighted by molar-refractivity contribution is 5.94. The van der Waals surface area contributed by atoms with Crippen molar-refractivity contribution in [3.05, 3.63) is 89.0 Å². The zero-order valence-electron chi connectivity index (χ0n) is 23.3. The maximum Gasteiger partial charge on any atom is 0.337 e. The first-order valence-electron chi connectivity index (χ1n) is 13.8. The van der Waals surface area contributed by atoms with E-state index >= 15 is 0 Å². The molecule has 1 aliphatic rings. The Hall–Kier alpha value is -4.44. The van der Waals surface area contributed by atoms with E-state index in [1.54, 1.807) is 30.3 Å². The lowest BCUT2D eigenvalue weighted by Gasteiger charge is -2.21. The van der Waals surface area contributed by atoms with Crippen molar-refractivity contribution in [3.63, 3.8) is 0 Å². The number of ether oxygens (including phenoxy) is 1. The summed E-state index contributed by atoms with van der Waals surface area (Å²) in [6, 6.07) is 22.0. The van der Waals surface area contributed by atoms with Gasteiger partial charge in [-0.15, -0.1) is 0 Å². The van der Waals surface area contributed by atoms with Crippen molar-refractivity contribution in [2.45, 2.75) is 51.9 Å². The molecule has 1 aromatic heterocycles. The molecule has 0 radical (unpaired) electrons. The van der Waals surface area contributed by atoms with Crippen LogP contribution in [0.2, 0.25) is 0 Å². The number of aromatic nitrogens is 1. The van der Waals surface area contributed by atoms with Gasteiger partial charge in [0.05, 0.1) is 24.3 Å². The summed E-state index contributed by atoms with van der Waals surface area (Å²) in [6.45, 7) is 4.89. The van der Waals surface area contributed by atoms with Crippen LogP contribution in [0.15, 0.2) is 71.1 Å². The van der Waals surface area contributed by atoms with Gasteiger partial charge in [0, 0.05) is 23.2 Å². The largest absolute Gasteiger partial charge is 0.465 e. The first-order chi connectivity index (χ1) is 19.4. The monoisotopic (exact) mass is 537 g/mol. The molecule has 0 atom stereocenters. The van der Waals surface area contributed by atoms with Gasteiger partial charge in [0.1, 0.15) is 5.52 Å². The number of benzene rings is 3. The van der Waals surface area contributed by atoms with Crippen LogP contribution in [-0.2, 0) is 4.74 Å². The molecule has 5 rings (SSSR count). The van der Waals surface area contributed by atoms with Crippen LogP contribution in [-0.4, -0.2) is 30.5 Å². The van der Waals surface area contributed by atoms with Crippen molar-refractivity contribution in [1.82, 2.24) is 10.3 Å². The number of rotatable bonds is 6. The summed E-state index contributed by atoms with van der Waals surface area (Å²) in [4.78, 5) is 27.9. The fourth-order valence-electron chi connectivity index (χ4n) is 4.86. The number of nitrogens with one attached hydrogen (secondary N) is 1. The Bertz CT molecular complexity index is 1480. The smallest absolute Gasteiger partial charge is 0.337 e. The van der Waals surface area contributed by atoms with E-state index in [1.807, 2.05) is 36.4 Å². The van der Waals surface area contributed by atoms with Gasteiger partial charge in [0.25, 0.3) is 5.91 Å². The fraction of sp³-hybridized carbons (Fsp3) is 0.333. The molecule has 1 saturated carbocycles. The lowest BCUT2D eigenvalue weighted by Crippen LogP contribution is -2.30. The van der Waals surface area contributed by atoms with E-state index in [2.05, 4.69) is 35.0 Å². The van der Waals surface area contributed by atoms with Crippen LogP contribution in [0.1, 0.15) is 83.7 Å². The molecule has 1 amide bonds. The lowest BCUT2D eigenvalue weighted by molar-refractivity contribution is 0.0600. The number of nitrogens with zero attached hydrogens (tertiary/aromatic N) is 2. The second kappa shape index (κ2) is 13.6. The highest BCUT2D eigenvalue weighted by Gasteiger charge is 2.17. The van der Waals surface area contributed by atoms with Crippen LogP contribution in [0.5, 0.6) is 0 Å². The fourth-order valence-corrected chi connectivity index (χ4v) is 4.86. The second-order valence-electron chi connectivity index (χ2n) is 10.3. The second-order valence-corrected chi connectivity index (χ2v) is 10.3. The summed E-state index contributed by atoms with van der Waals surface area (Å²) in [5.74, 6) is 0.995. The molecule has 0 saturated heterocycles. The topological polar surface area (TPSA) is 105 Å². The Morgan fingerprint density at radius 1 is 1.02 bits per heavy atom. The van der Waals surface area contributed by atoms with Gasteiger partial charge in [-0.25, -0.2) is 9.78 Å². The van der Waals surface area contributed by atoms with Gasteiger partial charge in [-0.3, -0.25) is 4.79 Å². The first kappa shape index (κ1) is 28.6. The number of carbonyl (C=O) groups excluding carboxylic acids is 2. The molecule has 0 spiro atoms. The summed E-state index contributed by atoms with van der Waals surface area (Å²) < 4.78 is 10.5. The third-order valence-corrected chi connectivity index (χ3v) is 7.13. The number of hydrogen-bond donors (Lipinski definition) is 1. The number of oxazole rings is 1. The molecule has 1 aliphatic carbocycles. The summed E-state index contributed by atoms with van der Waals surface area (Å²) >= 11 is 0. The summed E-state index contributed by atoms with van der Waals surface area (Å²) in [7, 11) is 1.37. The maximum absolute atomic E-state index is 12.5. The molecule has 0 bridgehead atoms. The van der Waals surface area contributed by atoms with Crippen LogP contribution >= 0.6 is 0 Å². The van der Waals surface area contributed by atoms with Crippen LogP contribution in [0.4, 0.5) is 0 Å². The zero-order valence-corrected chi connectivity index (χ0v) is 23.3. The average Bonchev–Trinajstić information content (AvgIpc) is 3.44. The molecule has 4 aromatic rings. The van der Waals surface area contributed by atoms with E-state index in [4.69, 9.17) is 4.42 Å². The van der Waals surface area contributed by atoms with Gasteiger partial charge in [-0.2, -0.15) is 5.26 Å². The SMILES string of the molecule is CC(C)c1cc(C#N)cc2nc(-c3ccc(C(=O)NCC4CCCCC4)cc3)oc12.COC(=O)c1ccccc1. The molecule has 7 heteroatoms. The van der Waals surface area contributed by atoms with Gasteiger partial charge < -0.3 is 14.5 Å². The number of fused-ring (bicyclic) bond motifs is 1. The Balaban J connectivity index is 0.000000312. The predicted octanol–water partition coefficient (Wildman–Crippen LogP) is 7.27. The van der Waals surface area contributed by atoms with Crippen molar-refractivity contribution in [3.8, 4) is 17.5 Å². The summed E-state index contributed by atoms with van der Waals surface area (Å²) in [5, 5.41) is 12.4. The highest BCUT2D eigenvalue weighted by Crippen LogP contribution is 2.31. The van der Waals surface area contributed by atoms with Crippen LogP contribution < -0.4 is 5.32 Å². The minimum atomic E-state index is -0.291. The molecule has 1 heterocycles. The van der Waals surface area contributed by atoms with Gasteiger partial charge in [0.2, 0.25) is 5.89 Å². The van der Waals surface area contributed by atoms with Crippen molar-refractivity contribution in [2.24, 2.45) is 5.92 Å². The number of nitriles is 1. The van der Waals surface area contributed by atoms with Crippen molar-refractivity contribution in [2.75, 3.05) is 13.7 Å².